The molecule has 9 heteroatoms. The fourth-order valence-corrected chi connectivity index (χ4v) is 4.89. The lowest BCUT2D eigenvalue weighted by Crippen LogP contribution is -2.47. The lowest BCUT2D eigenvalue weighted by Gasteiger charge is -2.36. The number of amides is 1. The number of carbonyl (C=O) groups is 1. The van der Waals surface area contributed by atoms with Gasteiger partial charge in [-0.3, -0.25) is 9.69 Å². The van der Waals surface area contributed by atoms with Crippen molar-refractivity contribution >= 4 is 17.4 Å². The molecule has 2 aromatic rings. The number of alkyl halides is 3. The molecule has 0 bridgehead atoms. The number of hydrogen-bond donors (Lipinski definition) is 0. The van der Waals surface area contributed by atoms with Crippen molar-refractivity contribution in [3.8, 4) is 0 Å². The van der Waals surface area contributed by atoms with E-state index in [9.17, 15) is 18.0 Å². The molecule has 0 aliphatic carbocycles. The van der Waals surface area contributed by atoms with Gasteiger partial charge in [0, 0.05) is 56.3 Å². The van der Waals surface area contributed by atoms with Crippen molar-refractivity contribution in [2.75, 3.05) is 49.1 Å². The molecule has 36 heavy (non-hydrogen) atoms. The number of aromatic nitrogens is 2. The monoisotopic (exact) mass is 503 g/mol. The van der Waals surface area contributed by atoms with E-state index in [-0.39, 0.29) is 11.7 Å². The maximum Gasteiger partial charge on any atom is 0.433 e. The third kappa shape index (κ3) is 5.99. The number of benzene rings is 1. The van der Waals surface area contributed by atoms with Crippen molar-refractivity contribution < 1.29 is 18.0 Å². The molecule has 1 amide bonds. The van der Waals surface area contributed by atoms with Gasteiger partial charge in [0.1, 0.15) is 17.3 Å². The highest BCUT2D eigenvalue weighted by Crippen LogP contribution is 2.33. The van der Waals surface area contributed by atoms with Gasteiger partial charge in [-0.2, -0.15) is 13.2 Å². The van der Waals surface area contributed by atoms with Crippen LogP contribution in [0.1, 0.15) is 62.7 Å². The maximum absolute atomic E-state index is 13.5. The molecule has 2 aliphatic heterocycles. The molecular formula is C27H36F3N5O. The number of hydrogen-bond acceptors (Lipinski definition) is 5. The Bertz CT molecular complexity index is 1060. The number of fused-ring (bicyclic) bond motifs is 1. The Morgan fingerprint density at radius 1 is 0.944 bits per heavy atom. The van der Waals surface area contributed by atoms with Gasteiger partial charge in [0.05, 0.1) is 0 Å². The summed E-state index contributed by atoms with van der Waals surface area (Å²) in [7, 11) is 0. The Balaban J connectivity index is 1.30. The average molecular weight is 504 g/mol. The Labute approximate surface area is 211 Å². The number of aryl methyl sites for hydroxylation is 1. The van der Waals surface area contributed by atoms with Crippen LogP contribution in [-0.4, -0.2) is 60.0 Å². The first-order chi connectivity index (χ1) is 16.9. The SMILES string of the molecule is Cc1cccc2c1CCC(=O)N2CCCCN1CCN(c2cc(C(F)(F)F)nc(C(C)(C)C)n2)CC1. The minimum atomic E-state index is -4.51. The Morgan fingerprint density at radius 3 is 2.31 bits per heavy atom. The summed E-state index contributed by atoms with van der Waals surface area (Å²) >= 11 is 0. The second-order valence-electron chi connectivity index (χ2n) is 10.8. The molecular weight excluding hydrogens is 467 g/mol. The largest absolute Gasteiger partial charge is 0.433 e. The standard InChI is InChI=1S/C27H36F3N5O/c1-19-8-7-9-21-20(19)10-11-24(36)35(21)13-6-5-12-33-14-16-34(17-15-33)23-18-22(27(28,29)30)31-25(32-23)26(2,3)4/h7-9,18H,5-6,10-17H2,1-4H3. The van der Waals surface area contributed by atoms with Crippen LogP contribution in [0.3, 0.4) is 0 Å². The van der Waals surface area contributed by atoms with Gasteiger partial charge in [0.25, 0.3) is 0 Å². The van der Waals surface area contributed by atoms with Crippen molar-refractivity contribution in [1.29, 1.82) is 0 Å². The molecule has 1 saturated heterocycles. The van der Waals surface area contributed by atoms with Crippen LogP contribution in [0.2, 0.25) is 0 Å². The van der Waals surface area contributed by atoms with Crippen LogP contribution in [0.4, 0.5) is 24.7 Å². The maximum atomic E-state index is 13.5. The first kappa shape index (κ1) is 26.4. The van der Waals surface area contributed by atoms with Gasteiger partial charge in [-0.1, -0.05) is 32.9 Å². The van der Waals surface area contributed by atoms with E-state index in [1.54, 1.807) is 0 Å². The van der Waals surface area contributed by atoms with Gasteiger partial charge in [0.15, 0.2) is 0 Å². The second-order valence-corrected chi connectivity index (χ2v) is 10.8. The van der Waals surface area contributed by atoms with Gasteiger partial charge in [-0.05, 0) is 49.9 Å². The number of halogens is 3. The lowest BCUT2D eigenvalue weighted by molar-refractivity contribution is -0.141. The van der Waals surface area contributed by atoms with E-state index >= 15 is 0 Å². The van der Waals surface area contributed by atoms with Gasteiger partial charge < -0.3 is 9.80 Å². The highest BCUT2D eigenvalue weighted by atomic mass is 19.4. The number of piperazine rings is 1. The Morgan fingerprint density at radius 2 is 1.64 bits per heavy atom. The van der Waals surface area contributed by atoms with Gasteiger partial charge >= 0.3 is 6.18 Å². The smallest absolute Gasteiger partial charge is 0.354 e. The summed E-state index contributed by atoms with van der Waals surface area (Å²) in [6.45, 7) is 11.9. The summed E-state index contributed by atoms with van der Waals surface area (Å²) in [4.78, 5) is 27.0. The van der Waals surface area contributed by atoms with Crippen molar-refractivity contribution in [2.24, 2.45) is 0 Å². The zero-order valence-corrected chi connectivity index (χ0v) is 21.7. The minimum absolute atomic E-state index is 0.194. The van der Waals surface area contributed by atoms with Gasteiger partial charge in [0.2, 0.25) is 5.91 Å². The summed E-state index contributed by atoms with van der Waals surface area (Å²) < 4.78 is 40.4. The number of anilines is 2. The molecule has 0 radical (unpaired) electrons. The fourth-order valence-electron chi connectivity index (χ4n) is 4.89. The van der Waals surface area contributed by atoms with Crippen LogP contribution >= 0.6 is 0 Å². The fraction of sp³-hybridized carbons (Fsp3) is 0.593. The van der Waals surface area contributed by atoms with Crippen molar-refractivity contribution in [1.82, 2.24) is 14.9 Å². The molecule has 0 atom stereocenters. The van der Waals surface area contributed by atoms with Crippen LogP contribution < -0.4 is 9.80 Å². The Kier molecular flexibility index (Phi) is 7.59. The third-order valence-electron chi connectivity index (χ3n) is 7.04. The lowest BCUT2D eigenvalue weighted by atomic mass is 9.95. The summed E-state index contributed by atoms with van der Waals surface area (Å²) in [6, 6.07) is 7.22. The number of unbranched alkanes of at least 4 members (excludes halogenated alkanes) is 1. The molecule has 0 N–H and O–H groups in total. The van der Waals surface area contributed by atoms with Crippen LogP contribution in [0, 0.1) is 6.92 Å². The van der Waals surface area contributed by atoms with Crippen molar-refractivity contribution in [3.63, 3.8) is 0 Å². The van der Waals surface area contributed by atoms with E-state index in [1.165, 1.54) is 11.1 Å². The zero-order valence-electron chi connectivity index (χ0n) is 21.7. The molecule has 1 aromatic carbocycles. The molecule has 196 valence electrons. The average Bonchev–Trinajstić information content (AvgIpc) is 2.82. The van der Waals surface area contributed by atoms with Crippen LogP contribution in [-0.2, 0) is 22.8 Å². The third-order valence-corrected chi connectivity index (χ3v) is 7.04. The predicted molar refractivity (Wildman–Crippen MR) is 135 cm³/mol. The molecule has 4 rings (SSSR count). The number of nitrogens with zero attached hydrogens (tertiary/aromatic N) is 5. The number of carbonyl (C=O) groups excluding carboxylic acids is 1. The van der Waals surface area contributed by atoms with E-state index in [1.807, 2.05) is 42.7 Å². The molecule has 0 saturated carbocycles. The summed E-state index contributed by atoms with van der Waals surface area (Å²) in [6.07, 6.45) is -1.25. The van der Waals surface area contributed by atoms with Crippen molar-refractivity contribution in [3.05, 3.63) is 46.9 Å². The molecule has 3 heterocycles. The van der Waals surface area contributed by atoms with Crippen LogP contribution in [0.25, 0.3) is 0 Å². The molecule has 0 spiro atoms. The highest BCUT2D eigenvalue weighted by Gasteiger charge is 2.36. The molecule has 2 aliphatic rings. The van der Waals surface area contributed by atoms with Crippen LogP contribution in [0.15, 0.2) is 24.3 Å². The van der Waals surface area contributed by atoms with E-state index in [0.29, 0.717) is 31.9 Å². The van der Waals surface area contributed by atoms with Crippen molar-refractivity contribution in [2.45, 2.75) is 65.0 Å². The number of rotatable bonds is 6. The summed E-state index contributed by atoms with van der Waals surface area (Å²) in [5, 5.41) is 0. The first-order valence-electron chi connectivity index (χ1n) is 12.8. The molecule has 0 unspecified atom stereocenters. The van der Waals surface area contributed by atoms with E-state index in [4.69, 9.17) is 0 Å². The minimum Gasteiger partial charge on any atom is -0.354 e. The predicted octanol–water partition coefficient (Wildman–Crippen LogP) is 4.98. The quantitative estimate of drug-likeness (QED) is 0.521. The van der Waals surface area contributed by atoms with E-state index in [0.717, 1.165) is 50.7 Å². The van der Waals surface area contributed by atoms with E-state index in [2.05, 4.69) is 27.9 Å². The highest BCUT2D eigenvalue weighted by molar-refractivity contribution is 5.96. The molecule has 6 nitrogen and oxygen atoms in total. The first-order valence-corrected chi connectivity index (χ1v) is 12.8. The van der Waals surface area contributed by atoms with Gasteiger partial charge in [-0.15, -0.1) is 0 Å². The molecule has 1 aromatic heterocycles. The Hall–Kier alpha value is -2.68. The summed E-state index contributed by atoms with van der Waals surface area (Å²) in [5.41, 5.74) is 2.11. The van der Waals surface area contributed by atoms with E-state index < -0.39 is 17.3 Å². The normalized spacial score (nSPS) is 17.5. The summed E-state index contributed by atoms with van der Waals surface area (Å²) in [5.74, 6) is 0.748. The van der Waals surface area contributed by atoms with Crippen LogP contribution in [0.5, 0.6) is 0 Å². The molecule has 1 fully saturated rings. The second kappa shape index (κ2) is 10.4. The topological polar surface area (TPSA) is 52.6 Å². The zero-order chi connectivity index (χ0) is 26.1. The van der Waals surface area contributed by atoms with Gasteiger partial charge in [-0.25, -0.2) is 9.97 Å².